The molecule has 2 rings (SSSR count). The second-order valence-electron chi connectivity index (χ2n) is 8.77. The van der Waals surface area contributed by atoms with Crippen LogP contribution in [0.15, 0.2) is 36.8 Å². The summed E-state index contributed by atoms with van der Waals surface area (Å²) in [6, 6.07) is 1.89. The minimum absolute atomic E-state index is 0.0484. The molecule has 1 aromatic heterocycles. The fourth-order valence-electron chi connectivity index (χ4n) is 3.49. The molecule has 0 radical (unpaired) electrons. The van der Waals surface area contributed by atoms with Crippen molar-refractivity contribution in [2.75, 3.05) is 5.75 Å². The molecule has 5 atom stereocenters. The van der Waals surface area contributed by atoms with Crippen LogP contribution in [0.1, 0.15) is 31.5 Å². The van der Waals surface area contributed by atoms with Crippen molar-refractivity contribution in [3.8, 4) is 5.75 Å². The summed E-state index contributed by atoms with van der Waals surface area (Å²) < 4.78 is 0. The smallest absolute Gasteiger partial charge is 0.327 e. The van der Waals surface area contributed by atoms with Gasteiger partial charge in [0.25, 0.3) is 0 Å². The van der Waals surface area contributed by atoms with E-state index in [1.807, 2.05) is 6.92 Å². The van der Waals surface area contributed by atoms with E-state index in [0.29, 0.717) is 12.1 Å². The minimum atomic E-state index is -1.25. The van der Waals surface area contributed by atoms with Gasteiger partial charge in [-0.3, -0.25) is 14.4 Å². The quantitative estimate of drug-likeness (QED) is 0.152. The highest BCUT2D eigenvalue weighted by molar-refractivity contribution is 7.80. The van der Waals surface area contributed by atoms with E-state index in [-0.39, 0.29) is 30.3 Å². The lowest BCUT2D eigenvalue weighted by Crippen LogP contribution is -2.59. The van der Waals surface area contributed by atoms with Crippen LogP contribution in [0.2, 0.25) is 0 Å². The second-order valence-corrected chi connectivity index (χ2v) is 9.14. The molecule has 0 aliphatic carbocycles. The number of phenolic OH excluding ortho intramolecular Hbond substituents is 1. The van der Waals surface area contributed by atoms with Gasteiger partial charge < -0.3 is 36.9 Å². The Morgan fingerprint density at radius 2 is 1.68 bits per heavy atom. The molecule has 0 saturated carbocycles. The SMILES string of the molecule is CCC(C)C(NC(=O)C(Cc1cnc[nH]1)NC(=O)C(N)Cc1ccc(O)cc1)C(=O)NC(CS)C(=O)O. The maximum Gasteiger partial charge on any atom is 0.327 e. The Balaban J connectivity index is 2.17. The number of H-pyrrole nitrogens is 1. The van der Waals surface area contributed by atoms with Gasteiger partial charge in [0.2, 0.25) is 17.7 Å². The Hall–Kier alpha value is -3.58. The van der Waals surface area contributed by atoms with Crippen molar-refractivity contribution in [3.63, 3.8) is 0 Å². The zero-order valence-electron chi connectivity index (χ0n) is 20.7. The van der Waals surface area contributed by atoms with Crippen LogP contribution in [-0.4, -0.2) is 73.8 Å². The maximum absolute atomic E-state index is 13.3. The van der Waals surface area contributed by atoms with Crippen LogP contribution >= 0.6 is 12.6 Å². The Morgan fingerprint density at radius 1 is 1.03 bits per heavy atom. The summed E-state index contributed by atoms with van der Waals surface area (Å²) in [6.07, 6.45) is 3.68. The number of nitrogens with two attached hydrogens (primary N) is 1. The van der Waals surface area contributed by atoms with Gasteiger partial charge in [-0.25, -0.2) is 9.78 Å². The summed E-state index contributed by atoms with van der Waals surface area (Å²) in [7, 11) is 0. The molecule has 12 nitrogen and oxygen atoms in total. The molecule has 0 bridgehead atoms. The number of imidazole rings is 1. The van der Waals surface area contributed by atoms with Crippen molar-refractivity contribution >= 4 is 36.3 Å². The maximum atomic E-state index is 13.3. The normalized spacial score (nSPS) is 15.0. The number of hydrogen-bond donors (Lipinski definition) is 8. The van der Waals surface area contributed by atoms with Crippen molar-refractivity contribution in [2.45, 2.75) is 57.3 Å². The molecular weight excluding hydrogens is 500 g/mol. The zero-order valence-corrected chi connectivity index (χ0v) is 21.6. The number of aromatic hydroxyl groups is 1. The van der Waals surface area contributed by atoms with Crippen LogP contribution < -0.4 is 21.7 Å². The third-order valence-electron chi connectivity index (χ3n) is 5.93. The molecule has 1 aromatic carbocycles. The van der Waals surface area contributed by atoms with Crippen LogP contribution in [0.5, 0.6) is 5.75 Å². The molecule has 37 heavy (non-hydrogen) atoms. The van der Waals surface area contributed by atoms with Crippen LogP contribution in [0.25, 0.3) is 0 Å². The van der Waals surface area contributed by atoms with Crippen molar-refractivity contribution in [1.29, 1.82) is 0 Å². The Bertz CT molecular complexity index is 1050. The van der Waals surface area contributed by atoms with Gasteiger partial charge in [-0.05, 0) is 30.0 Å². The van der Waals surface area contributed by atoms with E-state index in [0.717, 1.165) is 5.56 Å². The number of nitrogens with zero attached hydrogens (tertiary/aromatic N) is 1. The van der Waals surface area contributed by atoms with Crippen molar-refractivity contribution in [3.05, 3.63) is 48.0 Å². The molecule has 202 valence electrons. The number of phenols is 1. The average Bonchev–Trinajstić information content (AvgIpc) is 3.38. The molecule has 3 amide bonds. The number of hydrogen-bond acceptors (Lipinski definition) is 8. The van der Waals surface area contributed by atoms with Gasteiger partial charge in [-0.2, -0.15) is 12.6 Å². The summed E-state index contributed by atoms with van der Waals surface area (Å²) in [5.74, 6) is -3.51. The fraction of sp³-hybridized carbons (Fsp3) is 0.458. The van der Waals surface area contributed by atoms with Crippen LogP contribution in [0, 0.1) is 5.92 Å². The fourth-order valence-corrected chi connectivity index (χ4v) is 3.73. The topological polar surface area (TPSA) is 200 Å². The molecule has 0 spiro atoms. The molecule has 0 aliphatic rings. The van der Waals surface area contributed by atoms with Gasteiger partial charge in [-0.1, -0.05) is 32.4 Å². The number of carbonyl (C=O) groups is 4. The van der Waals surface area contributed by atoms with Gasteiger partial charge >= 0.3 is 5.97 Å². The van der Waals surface area contributed by atoms with Gasteiger partial charge in [-0.15, -0.1) is 0 Å². The third kappa shape index (κ3) is 9.10. The molecule has 8 N–H and O–H groups in total. The highest BCUT2D eigenvalue weighted by atomic mass is 32.1. The summed E-state index contributed by atoms with van der Waals surface area (Å²) in [5, 5.41) is 26.4. The first kappa shape index (κ1) is 29.6. The number of rotatable bonds is 14. The summed E-state index contributed by atoms with van der Waals surface area (Å²) in [4.78, 5) is 57.2. The number of benzene rings is 1. The first-order chi connectivity index (χ1) is 17.5. The lowest BCUT2D eigenvalue weighted by Gasteiger charge is -2.28. The number of aromatic nitrogens is 2. The predicted octanol–water partition coefficient (Wildman–Crippen LogP) is -0.257. The number of carboxylic acids is 1. The lowest BCUT2D eigenvalue weighted by atomic mass is 9.97. The number of amides is 3. The summed E-state index contributed by atoms with van der Waals surface area (Å²) >= 11 is 3.96. The number of carboxylic acid groups (broad SMARTS) is 1. The van der Waals surface area contributed by atoms with Crippen LogP contribution in [-0.2, 0) is 32.0 Å². The highest BCUT2D eigenvalue weighted by Crippen LogP contribution is 2.12. The molecule has 0 aliphatic heterocycles. The van der Waals surface area contributed by atoms with Gasteiger partial charge in [0.1, 0.15) is 23.9 Å². The zero-order chi connectivity index (χ0) is 27.5. The van der Waals surface area contributed by atoms with Crippen LogP contribution in [0.3, 0.4) is 0 Å². The Labute approximate surface area is 220 Å². The van der Waals surface area contributed by atoms with Crippen molar-refractivity contribution < 1.29 is 29.4 Å². The first-order valence-electron chi connectivity index (χ1n) is 11.8. The van der Waals surface area contributed by atoms with Gasteiger partial charge in [0, 0.05) is 24.1 Å². The van der Waals surface area contributed by atoms with Gasteiger partial charge in [0.15, 0.2) is 0 Å². The Morgan fingerprint density at radius 3 is 2.22 bits per heavy atom. The molecular formula is C24H34N6O6S. The molecule has 0 saturated heterocycles. The molecule has 2 aromatic rings. The summed E-state index contributed by atoms with van der Waals surface area (Å²) in [5.41, 5.74) is 7.36. The van der Waals surface area contributed by atoms with E-state index < -0.39 is 47.9 Å². The number of aromatic amines is 1. The van der Waals surface area contributed by atoms with E-state index in [9.17, 15) is 29.4 Å². The van der Waals surface area contributed by atoms with Crippen molar-refractivity contribution in [1.82, 2.24) is 25.9 Å². The third-order valence-corrected chi connectivity index (χ3v) is 6.30. The predicted molar refractivity (Wildman–Crippen MR) is 139 cm³/mol. The summed E-state index contributed by atoms with van der Waals surface area (Å²) in [6.45, 7) is 3.58. The van der Waals surface area contributed by atoms with Crippen LogP contribution in [0.4, 0.5) is 0 Å². The first-order valence-corrected chi connectivity index (χ1v) is 12.4. The molecule has 0 fully saturated rings. The molecule has 1 heterocycles. The molecule has 13 heteroatoms. The van der Waals surface area contributed by atoms with E-state index in [1.165, 1.54) is 24.7 Å². The number of thiol groups is 1. The largest absolute Gasteiger partial charge is 0.508 e. The highest BCUT2D eigenvalue weighted by Gasteiger charge is 2.32. The van der Waals surface area contributed by atoms with E-state index in [4.69, 9.17) is 5.73 Å². The van der Waals surface area contributed by atoms with E-state index in [2.05, 4.69) is 38.5 Å². The van der Waals surface area contributed by atoms with Crippen molar-refractivity contribution in [2.24, 2.45) is 11.7 Å². The van der Waals surface area contributed by atoms with Gasteiger partial charge in [0.05, 0.1) is 12.4 Å². The monoisotopic (exact) mass is 534 g/mol. The Kier molecular flexibility index (Phi) is 11.4. The molecule has 5 unspecified atom stereocenters. The number of nitrogens with one attached hydrogen (secondary N) is 4. The number of carbonyl (C=O) groups excluding carboxylic acids is 3. The standard InChI is InChI=1S/C24H34N6O6S/c1-3-13(2)20(23(34)29-19(11-37)24(35)36)30-22(33)18(9-15-10-26-12-27-15)28-21(32)17(25)8-14-4-6-16(31)7-5-14/h4-7,10,12-13,17-20,31,37H,3,8-9,11,25H2,1-2H3,(H,26,27)(H,28,32)(H,29,34)(H,30,33)(H,35,36). The van der Waals surface area contributed by atoms with E-state index >= 15 is 0 Å². The lowest BCUT2D eigenvalue weighted by molar-refractivity contribution is -0.142. The number of aliphatic carboxylic acids is 1. The minimum Gasteiger partial charge on any atom is -0.508 e. The van der Waals surface area contributed by atoms with E-state index in [1.54, 1.807) is 19.1 Å². The average molecular weight is 535 g/mol. The second kappa shape index (κ2) is 14.2.